The van der Waals surface area contributed by atoms with Crippen molar-refractivity contribution in [3.63, 3.8) is 0 Å². The van der Waals surface area contributed by atoms with E-state index < -0.39 is 34.3 Å². The minimum Gasteiger partial charge on any atom is -0.452 e. The van der Waals surface area contributed by atoms with E-state index in [9.17, 15) is 22.4 Å². The fourth-order valence-corrected chi connectivity index (χ4v) is 3.90. The predicted molar refractivity (Wildman–Crippen MR) is 114 cm³/mol. The van der Waals surface area contributed by atoms with Crippen LogP contribution in [0.4, 0.5) is 15.8 Å². The molecule has 0 bridgehead atoms. The largest absolute Gasteiger partial charge is 0.452 e. The van der Waals surface area contributed by atoms with Gasteiger partial charge >= 0.3 is 5.97 Å². The maximum absolute atomic E-state index is 12.9. The molecular weight excluding hydrogens is 423 g/mol. The Morgan fingerprint density at radius 3 is 2.32 bits per heavy atom. The fourth-order valence-electron chi connectivity index (χ4n) is 2.66. The van der Waals surface area contributed by atoms with Crippen LogP contribution in [0.25, 0.3) is 0 Å². The van der Waals surface area contributed by atoms with Crippen LogP contribution >= 0.6 is 0 Å². The number of halogens is 1. The average molecular weight is 442 g/mol. The summed E-state index contributed by atoms with van der Waals surface area (Å²) in [7, 11) is -2.50. The van der Waals surface area contributed by atoms with Crippen LogP contribution < -0.4 is 9.62 Å². The minimum atomic E-state index is -3.91. The molecule has 1 amide bonds. The van der Waals surface area contributed by atoms with Crippen LogP contribution in [0.15, 0.2) is 83.8 Å². The standard InChI is InChI=1S/C22H19FN2O5S/c1-25(19-7-3-2-4-8-19)31(28,29)20-9-5-6-16(14-20)22(27)30-15-21(26)24-18-12-10-17(23)11-13-18/h2-14H,15H2,1H3,(H,24,26). The Labute approximate surface area is 179 Å². The third kappa shape index (κ3) is 5.46. The van der Waals surface area contributed by atoms with E-state index in [0.717, 1.165) is 4.31 Å². The van der Waals surface area contributed by atoms with Gasteiger partial charge in [0.05, 0.1) is 16.1 Å². The highest BCUT2D eigenvalue weighted by Gasteiger charge is 2.22. The van der Waals surface area contributed by atoms with Gasteiger partial charge in [0.1, 0.15) is 5.82 Å². The van der Waals surface area contributed by atoms with Gasteiger partial charge in [-0.2, -0.15) is 0 Å². The van der Waals surface area contributed by atoms with Crippen molar-refractivity contribution in [3.8, 4) is 0 Å². The number of para-hydroxylation sites is 1. The monoisotopic (exact) mass is 442 g/mol. The molecule has 3 aromatic carbocycles. The lowest BCUT2D eigenvalue weighted by Crippen LogP contribution is -2.26. The number of anilines is 2. The van der Waals surface area contributed by atoms with Crippen LogP contribution in [-0.2, 0) is 19.6 Å². The first kappa shape index (κ1) is 22.0. The van der Waals surface area contributed by atoms with Crippen LogP contribution in [0.3, 0.4) is 0 Å². The summed E-state index contributed by atoms with van der Waals surface area (Å²) in [6.45, 7) is -0.586. The zero-order valence-corrected chi connectivity index (χ0v) is 17.3. The van der Waals surface area contributed by atoms with Crippen LogP contribution in [0.5, 0.6) is 0 Å². The zero-order valence-electron chi connectivity index (χ0n) is 16.5. The second-order valence-electron chi connectivity index (χ2n) is 6.47. The molecule has 3 rings (SSSR count). The molecule has 0 heterocycles. The molecule has 0 atom stereocenters. The lowest BCUT2D eigenvalue weighted by molar-refractivity contribution is -0.119. The first-order valence-electron chi connectivity index (χ1n) is 9.14. The molecule has 0 fully saturated rings. The summed E-state index contributed by atoms with van der Waals surface area (Å²) in [6, 6.07) is 19.0. The second kappa shape index (κ2) is 9.40. The van der Waals surface area contributed by atoms with E-state index in [0.29, 0.717) is 11.4 Å². The van der Waals surface area contributed by atoms with Crippen molar-refractivity contribution in [2.75, 3.05) is 23.3 Å². The molecule has 3 aromatic rings. The third-order valence-corrected chi connectivity index (χ3v) is 6.09. The quantitative estimate of drug-likeness (QED) is 0.566. The van der Waals surface area contributed by atoms with Gasteiger partial charge < -0.3 is 10.1 Å². The van der Waals surface area contributed by atoms with Gasteiger partial charge in [-0.3, -0.25) is 9.10 Å². The number of ether oxygens (including phenoxy) is 1. The van der Waals surface area contributed by atoms with Crippen molar-refractivity contribution in [2.45, 2.75) is 4.90 Å². The van der Waals surface area contributed by atoms with Crippen molar-refractivity contribution in [1.29, 1.82) is 0 Å². The van der Waals surface area contributed by atoms with Gasteiger partial charge in [0, 0.05) is 12.7 Å². The van der Waals surface area contributed by atoms with Crippen LogP contribution in [-0.4, -0.2) is 33.9 Å². The summed E-state index contributed by atoms with van der Waals surface area (Å²) in [5.74, 6) is -1.92. The minimum absolute atomic E-state index is 0.0166. The number of carbonyl (C=O) groups is 2. The molecule has 0 unspecified atom stereocenters. The van der Waals surface area contributed by atoms with Gasteiger partial charge in [-0.1, -0.05) is 24.3 Å². The molecule has 0 saturated carbocycles. The van der Waals surface area contributed by atoms with Crippen molar-refractivity contribution >= 4 is 33.3 Å². The maximum Gasteiger partial charge on any atom is 0.338 e. The second-order valence-corrected chi connectivity index (χ2v) is 8.44. The fraction of sp³-hybridized carbons (Fsp3) is 0.0909. The highest BCUT2D eigenvalue weighted by molar-refractivity contribution is 7.92. The van der Waals surface area contributed by atoms with E-state index >= 15 is 0 Å². The summed E-state index contributed by atoms with van der Waals surface area (Å²) >= 11 is 0. The molecule has 31 heavy (non-hydrogen) atoms. The van der Waals surface area contributed by atoms with Crippen molar-refractivity contribution in [2.24, 2.45) is 0 Å². The highest BCUT2D eigenvalue weighted by Crippen LogP contribution is 2.22. The lowest BCUT2D eigenvalue weighted by atomic mass is 10.2. The maximum atomic E-state index is 12.9. The molecule has 0 saturated heterocycles. The number of hydrogen-bond donors (Lipinski definition) is 1. The van der Waals surface area contributed by atoms with E-state index in [4.69, 9.17) is 4.74 Å². The molecule has 9 heteroatoms. The number of rotatable bonds is 7. The molecule has 0 aliphatic rings. The molecular formula is C22H19FN2O5S. The van der Waals surface area contributed by atoms with Gasteiger partial charge in [-0.05, 0) is 54.6 Å². The SMILES string of the molecule is CN(c1ccccc1)S(=O)(=O)c1cccc(C(=O)OCC(=O)Nc2ccc(F)cc2)c1. The Morgan fingerprint density at radius 1 is 0.968 bits per heavy atom. The zero-order chi connectivity index (χ0) is 22.4. The third-order valence-electron chi connectivity index (χ3n) is 4.31. The van der Waals surface area contributed by atoms with Gasteiger partial charge in [0.2, 0.25) is 0 Å². The van der Waals surface area contributed by atoms with E-state index in [1.807, 2.05) is 0 Å². The van der Waals surface area contributed by atoms with Gasteiger partial charge in [-0.25, -0.2) is 17.6 Å². The van der Waals surface area contributed by atoms with Crippen LogP contribution in [0, 0.1) is 5.82 Å². The Bertz CT molecular complexity index is 1180. The first-order valence-corrected chi connectivity index (χ1v) is 10.6. The van der Waals surface area contributed by atoms with E-state index in [1.54, 1.807) is 30.3 Å². The number of benzene rings is 3. The Kier molecular flexibility index (Phi) is 6.66. The topological polar surface area (TPSA) is 92.8 Å². The van der Waals surface area contributed by atoms with Gasteiger partial charge in [0.15, 0.2) is 6.61 Å². The number of nitrogens with one attached hydrogen (secondary N) is 1. The smallest absolute Gasteiger partial charge is 0.338 e. The number of nitrogens with zero attached hydrogens (tertiary/aromatic N) is 1. The number of esters is 1. The molecule has 0 aliphatic carbocycles. The molecule has 160 valence electrons. The Morgan fingerprint density at radius 2 is 1.65 bits per heavy atom. The summed E-state index contributed by atoms with van der Waals surface area (Å²) < 4.78 is 44.7. The van der Waals surface area contributed by atoms with E-state index in [-0.39, 0.29) is 10.5 Å². The van der Waals surface area contributed by atoms with Crippen LogP contribution in [0.1, 0.15) is 10.4 Å². The number of hydrogen-bond acceptors (Lipinski definition) is 5. The molecule has 0 spiro atoms. The van der Waals surface area contributed by atoms with Gasteiger partial charge in [0.25, 0.3) is 15.9 Å². The number of sulfonamides is 1. The summed E-state index contributed by atoms with van der Waals surface area (Å²) in [5.41, 5.74) is 0.796. The van der Waals surface area contributed by atoms with Gasteiger partial charge in [-0.15, -0.1) is 0 Å². The van der Waals surface area contributed by atoms with Crippen LogP contribution in [0.2, 0.25) is 0 Å². The molecule has 0 radical (unpaired) electrons. The number of carbonyl (C=O) groups excluding carboxylic acids is 2. The summed E-state index contributed by atoms with van der Waals surface area (Å²) in [5, 5.41) is 2.46. The van der Waals surface area contributed by atoms with Crippen molar-refractivity contribution in [1.82, 2.24) is 0 Å². The van der Waals surface area contributed by atoms with E-state index in [2.05, 4.69) is 5.32 Å². The van der Waals surface area contributed by atoms with Crippen molar-refractivity contribution in [3.05, 3.63) is 90.2 Å². The first-order chi connectivity index (χ1) is 14.8. The summed E-state index contributed by atoms with van der Waals surface area (Å²) in [6.07, 6.45) is 0. The average Bonchev–Trinajstić information content (AvgIpc) is 2.79. The molecule has 7 nitrogen and oxygen atoms in total. The normalized spacial score (nSPS) is 10.9. The Balaban J connectivity index is 1.67. The molecule has 0 aromatic heterocycles. The predicted octanol–water partition coefficient (Wildman–Crippen LogP) is 3.45. The highest BCUT2D eigenvalue weighted by atomic mass is 32.2. The molecule has 1 N–H and O–H groups in total. The summed E-state index contributed by atoms with van der Waals surface area (Å²) in [4.78, 5) is 24.1. The molecule has 0 aliphatic heterocycles. The number of amides is 1. The van der Waals surface area contributed by atoms with Crippen molar-refractivity contribution < 1.29 is 27.1 Å². The van der Waals surface area contributed by atoms with E-state index in [1.165, 1.54) is 55.6 Å². The Hall–Kier alpha value is -3.72. The lowest BCUT2D eigenvalue weighted by Gasteiger charge is -2.19.